The number of rotatable bonds is 5. The van der Waals surface area contributed by atoms with Crippen LogP contribution in [-0.4, -0.2) is 26.8 Å². The molecule has 1 aromatic heterocycles. The fraction of sp³-hybridized carbons (Fsp3) is 0.562. The third-order valence-electron chi connectivity index (χ3n) is 4.14. The van der Waals surface area contributed by atoms with Crippen LogP contribution >= 0.6 is 11.8 Å². The molecule has 1 unspecified atom stereocenters. The standard InChI is InChI=1S/C16H23N3S/c1-19-16-9-5-4-8-14(16)15(18-19)10-12(17)11-20-13-6-2-3-7-13/h4-5,8-9,12-13H,2-3,6-7,10-11,17H2,1H3. The van der Waals surface area contributed by atoms with Crippen molar-refractivity contribution in [2.24, 2.45) is 12.8 Å². The van der Waals surface area contributed by atoms with Gasteiger partial charge in [0.05, 0.1) is 11.2 Å². The van der Waals surface area contributed by atoms with Gasteiger partial charge in [-0.25, -0.2) is 0 Å². The third-order valence-corrected chi connectivity index (χ3v) is 5.70. The zero-order valence-electron chi connectivity index (χ0n) is 12.1. The Balaban J connectivity index is 1.63. The van der Waals surface area contributed by atoms with E-state index in [1.807, 2.05) is 11.7 Å². The predicted molar refractivity (Wildman–Crippen MR) is 87.1 cm³/mol. The van der Waals surface area contributed by atoms with Crippen molar-refractivity contribution in [1.82, 2.24) is 9.78 Å². The van der Waals surface area contributed by atoms with E-state index in [0.29, 0.717) is 0 Å². The number of hydrogen-bond donors (Lipinski definition) is 1. The van der Waals surface area contributed by atoms with E-state index >= 15 is 0 Å². The van der Waals surface area contributed by atoms with Gasteiger partial charge in [-0.1, -0.05) is 31.0 Å². The fourth-order valence-electron chi connectivity index (χ4n) is 3.06. The number of nitrogens with two attached hydrogens (primary N) is 1. The number of thioether (sulfide) groups is 1. The molecule has 4 heteroatoms. The van der Waals surface area contributed by atoms with Gasteiger partial charge in [-0.2, -0.15) is 16.9 Å². The number of aryl methyl sites for hydroxylation is 1. The topological polar surface area (TPSA) is 43.8 Å². The highest BCUT2D eigenvalue weighted by molar-refractivity contribution is 7.99. The van der Waals surface area contributed by atoms with Gasteiger partial charge < -0.3 is 5.73 Å². The van der Waals surface area contributed by atoms with E-state index < -0.39 is 0 Å². The second-order valence-corrected chi connectivity index (χ2v) is 7.12. The van der Waals surface area contributed by atoms with E-state index in [-0.39, 0.29) is 6.04 Å². The Morgan fingerprint density at radius 3 is 2.90 bits per heavy atom. The first-order valence-electron chi connectivity index (χ1n) is 7.52. The number of nitrogens with zero attached hydrogens (tertiary/aromatic N) is 2. The van der Waals surface area contributed by atoms with Crippen LogP contribution < -0.4 is 5.73 Å². The van der Waals surface area contributed by atoms with Crippen molar-refractivity contribution >= 4 is 22.7 Å². The summed E-state index contributed by atoms with van der Waals surface area (Å²) in [6.45, 7) is 0. The molecule has 1 saturated carbocycles. The molecule has 2 N–H and O–H groups in total. The molecule has 1 aliphatic rings. The molecule has 0 radical (unpaired) electrons. The smallest absolute Gasteiger partial charge is 0.0718 e. The molecular weight excluding hydrogens is 266 g/mol. The number of hydrogen-bond acceptors (Lipinski definition) is 3. The van der Waals surface area contributed by atoms with Gasteiger partial charge in [0.25, 0.3) is 0 Å². The summed E-state index contributed by atoms with van der Waals surface area (Å²) >= 11 is 2.06. The van der Waals surface area contributed by atoms with Crippen LogP contribution in [0, 0.1) is 0 Å². The molecule has 1 aromatic carbocycles. The van der Waals surface area contributed by atoms with Crippen molar-refractivity contribution in [3.63, 3.8) is 0 Å². The van der Waals surface area contributed by atoms with E-state index in [2.05, 4.69) is 41.1 Å². The summed E-state index contributed by atoms with van der Waals surface area (Å²) in [6.07, 6.45) is 6.43. The lowest BCUT2D eigenvalue weighted by atomic mass is 10.1. The van der Waals surface area contributed by atoms with Crippen LogP contribution in [0.3, 0.4) is 0 Å². The minimum atomic E-state index is 0.207. The average Bonchev–Trinajstić information content (AvgIpc) is 3.07. The van der Waals surface area contributed by atoms with E-state index in [9.17, 15) is 0 Å². The van der Waals surface area contributed by atoms with Gasteiger partial charge >= 0.3 is 0 Å². The van der Waals surface area contributed by atoms with Gasteiger partial charge in [-0.15, -0.1) is 0 Å². The molecule has 0 saturated heterocycles. The molecule has 3 nitrogen and oxygen atoms in total. The second-order valence-electron chi connectivity index (χ2n) is 5.79. The molecule has 1 atom stereocenters. The van der Waals surface area contributed by atoms with Crippen molar-refractivity contribution in [3.05, 3.63) is 30.0 Å². The molecule has 0 bridgehead atoms. The largest absolute Gasteiger partial charge is 0.327 e. The van der Waals surface area contributed by atoms with Crippen LogP contribution in [0.15, 0.2) is 24.3 Å². The fourth-order valence-corrected chi connectivity index (χ4v) is 4.37. The molecule has 1 heterocycles. The SMILES string of the molecule is Cn1nc(CC(N)CSC2CCCC2)c2ccccc21. The summed E-state index contributed by atoms with van der Waals surface area (Å²) in [7, 11) is 2.00. The lowest BCUT2D eigenvalue weighted by molar-refractivity contribution is 0.698. The summed E-state index contributed by atoms with van der Waals surface area (Å²) in [4.78, 5) is 0. The highest BCUT2D eigenvalue weighted by Crippen LogP contribution is 2.30. The molecule has 3 rings (SSSR count). The average molecular weight is 289 g/mol. The number of benzene rings is 1. The minimum absolute atomic E-state index is 0.207. The van der Waals surface area contributed by atoms with Crippen molar-refractivity contribution in [2.75, 3.05) is 5.75 Å². The normalized spacial score (nSPS) is 17.9. The zero-order valence-corrected chi connectivity index (χ0v) is 12.9. The van der Waals surface area contributed by atoms with Gasteiger partial charge in [0.2, 0.25) is 0 Å². The first-order chi connectivity index (χ1) is 9.74. The second kappa shape index (κ2) is 6.19. The number of fused-ring (bicyclic) bond motifs is 1. The Bertz CT molecular complexity index is 572. The Morgan fingerprint density at radius 2 is 2.10 bits per heavy atom. The van der Waals surface area contributed by atoms with E-state index in [1.54, 1.807) is 0 Å². The van der Waals surface area contributed by atoms with Crippen LogP contribution in [0.1, 0.15) is 31.4 Å². The molecule has 0 spiro atoms. The van der Waals surface area contributed by atoms with E-state index in [1.165, 1.54) is 36.6 Å². The molecule has 0 amide bonds. The van der Waals surface area contributed by atoms with Crippen molar-refractivity contribution in [3.8, 4) is 0 Å². The van der Waals surface area contributed by atoms with Crippen molar-refractivity contribution < 1.29 is 0 Å². The summed E-state index contributed by atoms with van der Waals surface area (Å²) in [6, 6.07) is 8.61. The quantitative estimate of drug-likeness (QED) is 0.919. The first-order valence-corrected chi connectivity index (χ1v) is 8.56. The number of aromatic nitrogens is 2. The minimum Gasteiger partial charge on any atom is -0.327 e. The molecule has 2 aromatic rings. The molecule has 1 fully saturated rings. The Hall–Kier alpha value is -1.00. The Morgan fingerprint density at radius 1 is 1.35 bits per heavy atom. The van der Waals surface area contributed by atoms with E-state index in [0.717, 1.165) is 23.1 Å². The van der Waals surface area contributed by atoms with Crippen LogP contribution in [0.25, 0.3) is 10.9 Å². The van der Waals surface area contributed by atoms with Crippen LogP contribution in [0.5, 0.6) is 0 Å². The molecule has 108 valence electrons. The van der Waals surface area contributed by atoms with Crippen LogP contribution in [-0.2, 0) is 13.5 Å². The summed E-state index contributed by atoms with van der Waals surface area (Å²) in [5, 5.41) is 6.73. The zero-order chi connectivity index (χ0) is 13.9. The van der Waals surface area contributed by atoms with E-state index in [4.69, 9.17) is 5.73 Å². The lowest BCUT2D eigenvalue weighted by Gasteiger charge is -2.13. The van der Waals surface area contributed by atoms with Crippen LogP contribution in [0.4, 0.5) is 0 Å². The highest BCUT2D eigenvalue weighted by atomic mass is 32.2. The Labute approximate surface area is 124 Å². The van der Waals surface area contributed by atoms with Gasteiger partial charge in [0.15, 0.2) is 0 Å². The van der Waals surface area contributed by atoms with Gasteiger partial charge in [0.1, 0.15) is 0 Å². The van der Waals surface area contributed by atoms with Crippen molar-refractivity contribution in [2.45, 2.75) is 43.4 Å². The van der Waals surface area contributed by atoms with Gasteiger partial charge in [-0.05, 0) is 18.9 Å². The van der Waals surface area contributed by atoms with Crippen LogP contribution in [0.2, 0.25) is 0 Å². The highest BCUT2D eigenvalue weighted by Gasteiger charge is 2.18. The van der Waals surface area contributed by atoms with Gasteiger partial charge in [0, 0.05) is 35.9 Å². The molecular formula is C16H23N3S. The third kappa shape index (κ3) is 3.01. The molecule has 0 aliphatic heterocycles. The summed E-state index contributed by atoms with van der Waals surface area (Å²) in [5.41, 5.74) is 8.65. The number of para-hydroxylation sites is 1. The maximum absolute atomic E-state index is 6.31. The monoisotopic (exact) mass is 289 g/mol. The molecule has 20 heavy (non-hydrogen) atoms. The molecule has 1 aliphatic carbocycles. The maximum Gasteiger partial charge on any atom is 0.0718 e. The van der Waals surface area contributed by atoms with Gasteiger partial charge in [-0.3, -0.25) is 4.68 Å². The Kier molecular flexibility index (Phi) is 4.32. The summed E-state index contributed by atoms with van der Waals surface area (Å²) in [5.74, 6) is 1.05. The summed E-state index contributed by atoms with van der Waals surface area (Å²) < 4.78 is 1.96. The van der Waals surface area contributed by atoms with Crippen molar-refractivity contribution in [1.29, 1.82) is 0 Å². The predicted octanol–water partition coefficient (Wildman–Crippen LogP) is 3.12. The first kappa shape index (κ1) is 14.0. The lowest BCUT2D eigenvalue weighted by Crippen LogP contribution is -2.26. The maximum atomic E-state index is 6.31.